The third-order valence-corrected chi connectivity index (χ3v) is 3.01. The van der Waals surface area contributed by atoms with Crippen LogP contribution < -0.4 is 10.7 Å². The summed E-state index contributed by atoms with van der Waals surface area (Å²) in [6.07, 6.45) is 8.16. The highest BCUT2D eigenvalue weighted by atomic mass is 15.3. The molecule has 1 aliphatic carbocycles. The maximum Gasteiger partial charge on any atom is 0.0469 e. The van der Waals surface area contributed by atoms with Crippen molar-refractivity contribution in [2.75, 3.05) is 6.54 Å². The minimum atomic E-state index is 0.512. The minimum absolute atomic E-state index is 0.512. The molecule has 1 atom stereocenters. The topological polar surface area (TPSA) is 36.4 Å². The van der Waals surface area contributed by atoms with Crippen LogP contribution in [0.5, 0.6) is 0 Å². The summed E-state index contributed by atoms with van der Waals surface area (Å²) >= 11 is 0. The van der Waals surface area contributed by atoms with Gasteiger partial charge in [0.2, 0.25) is 0 Å². The van der Waals surface area contributed by atoms with Gasteiger partial charge < -0.3 is 10.7 Å². The molecule has 13 heavy (non-hydrogen) atoms. The van der Waals surface area contributed by atoms with E-state index in [2.05, 4.69) is 22.8 Å². The Morgan fingerprint density at radius 3 is 3.15 bits per heavy atom. The van der Waals surface area contributed by atoms with Crippen molar-refractivity contribution < 1.29 is 0 Å². The molecule has 1 saturated heterocycles. The zero-order chi connectivity index (χ0) is 9.15. The van der Waals surface area contributed by atoms with Crippen molar-refractivity contribution in [1.29, 1.82) is 0 Å². The number of rotatable bonds is 3. The van der Waals surface area contributed by atoms with E-state index in [1.54, 1.807) is 0 Å². The van der Waals surface area contributed by atoms with Gasteiger partial charge in [-0.05, 0) is 38.6 Å². The summed E-state index contributed by atoms with van der Waals surface area (Å²) in [5.74, 6) is 0. The van der Waals surface area contributed by atoms with Crippen molar-refractivity contribution in [3.63, 3.8) is 0 Å². The third-order valence-electron chi connectivity index (χ3n) is 3.01. The van der Waals surface area contributed by atoms with Gasteiger partial charge in [0.1, 0.15) is 0 Å². The standard InChI is InChI=1S/C10H19N3/c1-2-6-12-13-9-3-7-11-10(8-9)4-5-10/h6,9,11,13H,2-5,7-8H2,1H3/b12-6-. The summed E-state index contributed by atoms with van der Waals surface area (Å²) in [5.41, 5.74) is 3.76. The molecule has 1 spiro atoms. The van der Waals surface area contributed by atoms with Gasteiger partial charge in [-0.25, -0.2) is 0 Å². The Morgan fingerprint density at radius 2 is 2.46 bits per heavy atom. The SMILES string of the molecule is CC/C=N\NC1CCNC2(CC2)C1. The lowest BCUT2D eigenvalue weighted by Gasteiger charge is -2.30. The van der Waals surface area contributed by atoms with Gasteiger partial charge >= 0.3 is 0 Å². The molecule has 74 valence electrons. The van der Waals surface area contributed by atoms with E-state index in [4.69, 9.17) is 0 Å². The lowest BCUT2D eigenvalue weighted by molar-refractivity contribution is 0.309. The first-order valence-electron chi connectivity index (χ1n) is 5.37. The predicted molar refractivity (Wildman–Crippen MR) is 54.9 cm³/mol. The van der Waals surface area contributed by atoms with E-state index in [1.807, 2.05) is 6.21 Å². The first-order valence-corrected chi connectivity index (χ1v) is 5.37. The molecule has 1 unspecified atom stereocenters. The summed E-state index contributed by atoms with van der Waals surface area (Å²) in [4.78, 5) is 0. The lowest BCUT2D eigenvalue weighted by atomic mass is 9.98. The second kappa shape index (κ2) is 3.66. The molecular formula is C10H19N3. The van der Waals surface area contributed by atoms with Crippen LogP contribution in [0, 0.1) is 0 Å². The average Bonchev–Trinajstić information content (AvgIpc) is 2.86. The van der Waals surface area contributed by atoms with Crippen molar-refractivity contribution in [2.45, 2.75) is 50.6 Å². The van der Waals surface area contributed by atoms with Crippen LogP contribution in [0.25, 0.3) is 0 Å². The predicted octanol–water partition coefficient (Wildman–Crippen LogP) is 1.26. The largest absolute Gasteiger partial charge is 0.311 e. The Balaban J connectivity index is 1.76. The maximum atomic E-state index is 4.20. The smallest absolute Gasteiger partial charge is 0.0469 e. The third kappa shape index (κ3) is 2.21. The molecule has 1 heterocycles. The van der Waals surface area contributed by atoms with E-state index in [0.29, 0.717) is 11.6 Å². The molecule has 0 amide bonds. The molecule has 3 nitrogen and oxygen atoms in total. The van der Waals surface area contributed by atoms with Crippen molar-refractivity contribution in [3.8, 4) is 0 Å². The Kier molecular flexibility index (Phi) is 2.54. The maximum absolute atomic E-state index is 4.20. The summed E-state index contributed by atoms with van der Waals surface area (Å²) < 4.78 is 0. The molecule has 2 N–H and O–H groups in total. The van der Waals surface area contributed by atoms with Crippen molar-refractivity contribution in [2.24, 2.45) is 5.10 Å². The normalized spacial score (nSPS) is 31.0. The van der Waals surface area contributed by atoms with E-state index in [9.17, 15) is 0 Å². The van der Waals surface area contributed by atoms with E-state index in [0.717, 1.165) is 13.0 Å². The van der Waals surface area contributed by atoms with Crippen LogP contribution in [0.1, 0.15) is 39.0 Å². The fourth-order valence-corrected chi connectivity index (χ4v) is 2.05. The van der Waals surface area contributed by atoms with E-state index < -0.39 is 0 Å². The highest BCUT2D eigenvalue weighted by molar-refractivity contribution is 5.56. The minimum Gasteiger partial charge on any atom is -0.311 e. The van der Waals surface area contributed by atoms with Crippen molar-refractivity contribution in [3.05, 3.63) is 0 Å². The number of hydrogen-bond acceptors (Lipinski definition) is 3. The van der Waals surface area contributed by atoms with Gasteiger partial charge in [0.05, 0.1) is 0 Å². The molecule has 0 aromatic rings. The quantitative estimate of drug-likeness (QED) is 0.508. The molecule has 0 aromatic heterocycles. The lowest BCUT2D eigenvalue weighted by Crippen LogP contribution is -2.46. The summed E-state index contributed by atoms with van der Waals surface area (Å²) in [7, 11) is 0. The second-order valence-electron chi connectivity index (χ2n) is 4.25. The first-order chi connectivity index (χ1) is 6.35. The van der Waals surface area contributed by atoms with Crippen molar-refractivity contribution >= 4 is 6.21 Å². The highest BCUT2D eigenvalue weighted by Crippen LogP contribution is 2.41. The Morgan fingerprint density at radius 1 is 1.62 bits per heavy atom. The van der Waals surface area contributed by atoms with Crippen LogP contribution in [0.2, 0.25) is 0 Å². The fraction of sp³-hybridized carbons (Fsp3) is 0.900. The van der Waals surface area contributed by atoms with Gasteiger partial charge in [0, 0.05) is 17.8 Å². The van der Waals surface area contributed by atoms with Gasteiger partial charge in [0.15, 0.2) is 0 Å². The molecular weight excluding hydrogens is 162 g/mol. The second-order valence-corrected chi connectivity index (χ2v) is 4.25. The van der Waals surface area contributed by atoms with Crippen LogP contribution in [-0.2, 0) is 0 Å². The molecule has 1 aliphatic heterocycles. The Hall–Kier alpha value is -0.570. The average molecular weight is 181 g/mol. The number of nitrogens with zero attached hydrogens (tertiary/aromatic N) is 1. The monoisotopic (exact) mass is 181 g/mol. The molecule has 3 heteroatoms. The highest BCUT2D eigenvalue weighted by Gasteiger charge is 2.45. The van der Waals surface area contributed by atoms with Gasteiger partial charge in [-0.1, -0.05) is 6.92 Å². The summed E-state index contributed by atoms with van der Waals surface area (Å²) in [6, 6.07) is 0.603. The zero-order valence-electron chi connectivity index (χ0n) is 8.34. The Bertz CT molecular complexity index is 196. The molecule has 0 bridgehead atoms. The van der Waals surface area contributed by atoms with Crippen LogP contribution in [-0.4, -0.2) is 24.3 Å². The molecule has 2 aliphatic rings. The number of nitrogens with one attached hydrogen (secondary N) is 2. The van der Waals surface area contributed by atoms with Crippen LogP contribution in [0.15, 0.2) is 5.10 Å². The molecule has 2 fully saturated rings. The number of hydrazone groups is 1. The van der Waals surface area contributed by atoms with Gasteiger partial charge in [-0.3, -0.25) is 0 Å². The van der Waals surface area contributed by atoms with E-state index in [-0.39, 0.29) is 0 Å². The molecule has 2 rings (SSSR count). The summed E-state index contributed by atoms with van der Waals surface area (Å²) in [5, 5.41) is 7.80. The van der Waals surface area contributed by atoms with Crippen LogP contribution >= 0.6 is 0 Å². The first kappa shape index (κ1) is 9.00. The molecule has 0 radical (unpaired) electrons. The fourth-order valence-electron chi connectivity index (χ4n) is 2.05. The van der Waals surface area contributed by atoms with E-state index >= 15 is 0 Å². The van der Waals surface area contributed by atoms with Crippen LogP contribution in [0.4, 0.5) is 0 Å². The summed E-state index contributed by atoms with van der Waals surface area (Å²) in [6.45, 7) is 3.26. The zero-order valence-corrected chi connectivity index (χ0v) is 8.34. The number of piperidine rings is 1. The van der Waals surface area contributed by atoms with Gasteiger partial charge in [0.25, 0.3) is 0 Å². The van der Waals surface area contributed by atoms with Crippen molar-refractivity contribution in [1.82, 2.24) is 10.7 Å². The van der Waals surface area contributed by atoms with Gasteiger partial charge in [-0.2, -0.15) is 5.10 Å². The number of hydrogen-bond donors (Lipinski definition) is 2. The Labute approximate surface area is 80.0 Å². The molecule has 1 saturated carbocycles. The van der Waals surface area contributed by atoms with Gasteiger partial charge in [-0.15, -0.1) is 0 Å². The van der Waals surface area contributed by atoms with E-state index in [1.165, 1.54) is 25.7 Å². The molecule has 0 aromatic carbocycles. The van der Waals surface area contributed by atoms with Crippen LogP contribution in [0.3, 0.4) is 0 Å².